The molecule has 9 aromatic carbocycles. The van der Waals surface area contributed by atoms with E-state index in [4.69, 9.17) is 0 Å². The van der Waals surface area contributed by atoms with Crippen LogP contribution in [0.2, 0.25) is 0 Å². The van der Waals surface area contributed by atoms with Crippen molar-refractivity contribution >= 4 is 70.4 Å². The summed E-state index contributed by atoms with van der Waals surface area (Å²) in [7, 11) is 0. The zero-order chi connectivity index (χ0) is 37.7. The van der Waals surface area contributed by atoms with Gasteiger partial charge in [0.1, 0.15) is 0 Å². The van der Waals surface area contributed by atoms with Crippen LogP contribution in [0.25, 0.3) is 81.0 Å². The van der Waals surface area contributed by atoms with Crippen molar-refractivity contribution in [3.8, 4) is 39.1 Å². The zero-order valence-corrected chi connectivity index (χ0v) is 31.9. The maximum absolute atomic E-state index is 2.37. The number of hydrogen-bond acceptors (Lipinski definition) is 2. The van der Waals surface area contributed by atoms with E-state index in [0.717, 1.165) is 22.7 Å². The molecule has 2 aromatic heterocycles. The lowest BCUT2D eigenvalue weighted by Gasteiger charge is -2.26. The highest BCUT2D eigenvalue weighted by atomic mass is 32.1. The van der Waals surface area contributed by atoms with Crippen LogP contribution in [0.4, 0.5) is 17.1 Å². The average molecular weight is 745 g/mol. The van der Waals surface area contributed by atoms with Gasteiger partial charge in [0.2, 0.25) is 0 Å². The molecule has 0 aliphatic heterocycles. The minimum Gasteiger partial charge on any atom is -0.311 e. The van der Waals surface area contributed by atoms with Gasteiger partial charge in [0, 0.05) is 53.7 Å². The van der Waals surface area contributed by atoms with Crippen LogP contribution in [-0.2, 0) is 0 Å². The summed E-state index contributed by atoms with van der Waals surface area (Å²) >= 11 is 1.88. The molecule has 0 spiro atoms. The number of nitrogens with zero attached hydrogens (tertiary/aromatic N) is 2. The highest BCUT2D eigenvalue weighted by Gasteiger charge is 2.16. The quantitative estimate of drug-likeness (QED) is 0.158. The molecule has 268 valence electrons. The fraction of sp³-hybridized carbons (Fsp3) is 0. The summed E-state index contributed by atoms with van der Waals surface area (Å²) in [5, 5.41) is 5.19. The van der Waals surface area contributed by atoms with Crippen LogP contribution in [0.5, 0.6) is 0 Å². The van der Waals surface area contributed by atoms with Crippen LogP contribution < -0.4 is 4.90 Å². The van der Waals surface area contributed by atoms with Crippen molar-refractivity contribution in [2.24, 2.45) is 0 Å². The molecule has 2 heterocycles. The molecule has 0 amide bonds. The Morgan fingerprint density at radius 1 is 0.316 bits per heavy atom. The van der Waals surface area contributed by atoms with Crippen LogP contribution in [0.3, 0.4) is 0 Å². The first kappa shape index (κ1) is 33.2. The van der Waals surface area contributed by atoms with Gasteiger partial charge in [0.05, 0.1) is 11.0 Å². The monoisotopic (exact) mass is 744 g/mol. The Balaban J connectivity index is 0.947. The second-order valence-electron chi connectivity index (χ2n) is 14.5. The summed E-state index contributed by atoms with van der Waals surface area (Å²) in [6.07, 6.45) is 0. The molecular formula is C54H36N2S. The van der Waals surface area contributed by atoms with Gasteiger partial charge in [-0.25, -0.2) is 0 Å². The largest absolute Gasteiger partial charge is 0.311 e. The Hall–Kier alpha value is -7.20. The molecule has 0 saturated carbocycles. The molecule has 3 heteroatoms. The minimum atomic E-state index is 1.10. The van der Waals surface area contributed by atoms with E-state index in [2.05, 4.69) is 228 Å². The highest BCUT2D eigenvalue weighted by molar-refractivity contribution is 7.26. The van der Waals surface area contributed by atoms with Crippen LogP contribution in [-0.4, -0.2) is 4.57 Å². The highest BCUT2D eigenvalue weighted by Crippen LogP contribution is 2.42. The van der Waals surface area contributed by atoms with Crippen molar-refractivity contribution in [1.82, 2.24) is 4.57 Å². The molecule has 0 N–H and O–H groups in total. The van der Waals surface area contributed by atoms with Gasteiger partial charge in [-0.2, -0.15) is 0 Å². The molecule has 0 unspecified atom stereocenters. The molecule has 0 radical (unpaired) electrons. The Kier molecular flexibility index (Phi) is 8.04. The van der Waals surface area contributed by atoms with E-state index in [0.29, 0.717) is 0 Å². The Morgan fingerprint density at radius 3 is 1.33 bits per heavy atom. The van der Waals surface area contributed by atoms with Crippen LogP contribution in [0, 0.1) is 0 Å². The summed E-state index contributed by atoms with van der Waals surface area (Å²) in [5.74, 6) is 0. The molecule has 57 heavy (non-hydrogen) atoms. The molecule has 11 aromatic rings. The summed E-state index contributed by atoms with van der Waals surface area (Å²) < 4.78 is 5.02. The van der Waals surface area contributed by atoms with Gasteiger partial charge in [0.15, 0.2) is 0 Å². The van der Waals surface area contributed by atoms with E-state index in [1.54, 1.807) is 0 Å². The second-order valence-corrected chi connectivity index (χ2v) is 15.6. The number of para-hydroxylation sites is 2. The summed E-state index contributed by atoms with van der Waals surface area (Å²) in [6, 6.07) is 79.2. The molecule has 2 nitrogen and oxygen atoms in total. The van der Waals surface area contributed by atoms with Crippen LogP contribution >= 0.6 is 11.3 Å². The van der Waals surface area contributed by atoms with Gasteiger partial charge in [0.25, 0.3) is 0 Å². The topological polar surface area (TPSA) is 8.17 Å². The minimum absolute atomic E-state index is 1.10. The number of thiophene rings is 1. The van der Waals surface area contributed by atoms with E-state index >= 15 is 0 Å². The zero-order valence-electron chi connectivity index (χ0n) is 31.1. The molecule has 11 rings (SSSR count). The number of benzene rings is 9. The van der Waals surface area contributed by atoms with Crippen molar-refractivity contribution in [3.63, 3.8) is 0 Å². The van der Waals surface area contributed by atoms with Gasteiger partial charge < -0.3 is 9.47 Å². The van der Waals surface area contributed by atoms with E-state index in [1.165, 1.54) is 75.4 Å². The van der Waals surface area contributed by atoms with E-state index in [1.807, 2.05) is 11.3 Å². The number of rotatable bonds is 7. The molecule has 0 fully saturated rings. The fourth-order valence-electron chi connectivity index (χ4n) is 8.45. The van der Waals surface area contributed by atoms with E-state index in [9.17, 15) is 0 Å². The lowest BCUT2D eigenvalue weighted by molar-refractivity contribution is 1.18. The molecule has 0 atom stereocenters. The predicted octanol–water partition coefficient (Wildman–Crippen LogP) is 15.6. The number of hydrogen-bond donors (Lipinski definition) is 0. The van der Waals surface area contributed by atoms with Crippen molar-refractivity contribution in [1.29, 1.82) is 0 Å². The number of anilines is 3. The molecule has 0 saturated heterocycles. The maximum Gasteiger partial charge on any atom is 0.0541 e. The lowest BCUT2D eigenvalue weighted by Crippen LogP contribution is -2.09. The van der Waals surface area contributed by atoms with Crippen LogP contribution in [0.1, 0.15) is 0 Å². The number of fused-ring (bicyclic) bond motifs is 6. The molecular weight excluding hydrogens is 709 g/mol. The number of aromatic nitrogens is 1. The Bertz CT molecular complexity index is 3140. The predicted molar refractivity (Wildman–Crippen MR) is 245 cm³/mol. The third kappa shape index (κ3) is 5.80. The van der Waals surface area contributed by atoms with Gasteiger partial charge in [-0.05, 0) is 100 Å². The Morgan fingerprint density at radius 2 is 0.754 bits per heavy atom. The fourth-order valence-corrected chi connectivity index (χ4v) is 9.69. The van der Waals surface area contributed by atoms with Crippen molar-refractivity contribution in [3.05, 3.63) is 218 Å². The third-order valence-electron chi connectivity index (χ3n) is 11.2. The summed E-state index contributed by atoms with van der Waals surface area (Å²) in [6.45, 7) is 0. The van der Waals surface area contributed by atoms with Crippen molar-refractivity contribution < 1.29 is 0 Å². The van der Waals surface area contributed by atoms with E-state index < -0.39 is 0 Å². The molecule has 0 bridgehead atoms. The second kappa shape index (κ2) is 13.8. The van der Waals surface area contributed by atoms with Crippen LogP contribution in [0.15, 0.2) is 218 Å². The van der Waals surface area contributed by atoms with Crippen molar-refractivity contribution in [2.45, 2.75) is 0 Å². The smallest absolute Gasteiger partial charge is 0.0541 e. The third-order valence-corrected chi connectivity index (χ3v) is 12.5. The first-order valence-corrected chi connectivity index (χ1v) is 20.2. The average Bonchev–Trinajstić information content (AvgIpc) is 3.84. The molecule has 0 aliphatic rings. The first-order chi connectivity index (χ1) is 28.3. The molecule has 0 aliphatic carbocycles. The summed E-state index contributed by atoms with van der Waals surface area (Å²) in [4.78, 5) is 2.35. The SMILES string of the molecule is c1ccc(-c2ccc(N(c3ccc(-c4ccc(-n5c6ccccc6c6ccccc65)cc4)cc3)c3ccc(-c4cccc5c4sc4ccccc45)cc3)cc2)cc1. The van der Waals surface area contributed by atoms with Crippen molar-refractivity contribution in [2.75, 3.05) is 4.90 Å². The van der Waals surface area contributed by atoms with Gasteiger partial charge >= 0.3 is 0 Å². The van der Waals surface area contributed by atoms with E-state index in [-0.39, 0.29) is 0 Å². The van der Waals surface area contributed by atoms with Gasteiger partial charge in [-0.15, -0.1) is 11.3 Å². The van der Waals surface area contributed by atoms with Gasteiger partial charge in [-0.1, -0.05) is 152 Å². The normalized spacial score (nSPS) is 11.5. The lowest BCUT2D eigenvalue weighted by atomic mass is 10.0. The standard InChI is InChI=1S/C54H36N2S/c1-2-11-37(12-3-1)38-21-29-42(30-22-38)55(44-35-27-41(28-36-44)46-16-10-17-50-49-15-6-9-20-53(49)57-54(46)50)43-31-23-39(24-32-43)40-25-33-45(34-26-40)56-51-18-7-4-13-47(51)48-14-5-8-19-52(48)56/h1-36H. The summed E-state index contributed by atoms with van der Waals surface area (Å²) in [5.41, 5.74) is 14.2. The first-order valence-electron chi connectivity index (χ1n) is 19.4. The Labute approximate surface area is 335 Å². The maximum atomic E-state index is 2.37. The van der Waals surface area contributed by atoms with Gasteiger partial charge in [-0.3, -0.25) is 0 Å².